The van der Waals surface area contributed by atoms with Crippen LogP contribution in [0.2, 0.25) is 0 Å². The topological polar surface area (TPSA) is 61.8 Å². The van der Waals surface area contributed by atoms with Crippen LogP contribution in [0.15, 0.2) is 34.3 Å². The van der Waals surface area contributed by atoms with Gasteiger partial charge in [-0.3, -0.25) is 9.59 Å². The minimum Gasteiger partial charge on any atom is -0.496 e. The molecule has 2 bridgehead atoms. The van der Waals surface area contributed by atoms with Gasteiger partial charge in [0.2, 0.25) is 0 Å². The average molecular weight is 393 g/mol. The quantitative estimate of drug-likeness (QED) is 0.580. The molecule has 1 aromatic carbocycles. The van der Waals surface area contributed by atoms with Crippen LogP contribution in [0.3, 0.4) is 0 Å². The third-order valence-electron chi connectivity index (χ3n) is 5.16. The second-order valence-corrected chi connectivity index (χ2v) is 7.29. The van der Waals surface area contributed by atoms with Gasteiger partial charge in [0.25, 0.3) is 0 Å². The summed E-state index contributed by atoms with van der Waals surface area (Å²) in [5.41, 5.74) is 1.60. The lowest BCUT2D eigenvalue weighted by Crippen LogP contribution is -2.30. The number of halogens is 1. The molecule has 1 unspecified atom stereocenters. The molecule has 6 heteroatoms. The Balaban J connectivity index is 1.71. The van der Waals surface area contributed by atoms with E-state index < -0.39 is 11.8 Å². The molecule has 0 aromatic heterocycles. The van der Waals surface area contributed by atoms with Gasteiger partial charge >= 0.3 is 0 Å². The number of carbonyl (C=O) groups is 2. The monoisotopic (exact) mass is 392 g/mol. The maximum absolute atomic E-state index is 13.1. The molecular weight excluding hydrogens is 376 g/mol. The molecule has 5 atom stereocenters. The van der Waals surface area contributed by atoms with E-state index in [1.165, 1.54) is 0 Å². The maximum Gasteiger partial charge on any atom is 0.154 e. The van der Waals surface area contributed by atoms with Crippen LogP contribution in [0.4, 0.5) is 0 Å². The first-order chi connectivity index (χ1) is 11.6. The molecule has 2 heterocycles. The summed E-state index contributed by atoms with van der Waals surface area (Å²) in [6.07, 6.45) is 1.30. The Morgan fingerprint density at radius 3 is 2.62 bits per heavy atom. The molecule has 24 heavy (non-hydrogen) atoms. The second-order valence-electron chi connectivity index (χ2n) is 6.37. The van der Waals surface area contributed by atoms with Crippen molar-refractivity contribution < 1.29 is 23.8 Å². The fourth-order valence-corrected chi connectivity index (χ4v) is 4.56. The average Bonchev–Trinajstić information content (AvgIpc) is 3.20. The summed E-state index contributed by atoms with van der Waals surface area (Å²) in [5.74, 6) is -1.15. The van der Waals surface area contributed by atoms with Crippen LogP contribution in [0.25, 0.3) is 0 Å². The predicted octanol–water partition coefficient (Wildman–Crippen LogP) is 2.28. The van der Waals surface area contributed by atoms with Crippen LogP contribution in [0.1, 0.15) is 11.5 Å². The van der Waals surface area contributed by atoms with E-state index in [1.54, 1.807) is 26.4 Å². The molecule has 3 aliphatic rings. The third-order valence-corrected chi connectivity index (χ3v) is 5.65. The highest BCUT2D eigenvalue weighted by atomic mass is 79.9. The first-order valence-corrected chi connectivity index (χ1v) is 8.62. The van der Waals surface area contributed by atoms with Crippen molar-refractivity contribution in [1.82, 2.24) is 0 Å². The number of ether oxygens (including phenoxy) is 3. The van der Waals surface area contributed by atoms with E-state index in [2.05, 4.69) is 15.9 Å². The van der Waals surface area contributed by atoms with Crippen molar-refractivity contribution in [1.29, 1.82) is 0 Å². The number of ketones is 2. The van der Waals surface area contributed by atoms with Gasteiger partial charge in [-0.1, -0.05) is 28.1 Å². The highest BCUT2D eigenvalue weighted by molar-refractivity contribution is 9.10. The predicted molar refractivity (Wildman–Crippen MR) is 89.0 cm³/mol. The van der Waals surface area contributed by atoms with Crippen LogP contribution in [-0.2, 0) is 19.1 Å². The normalized spacial score (nSPS) is 33.8. The van der Waals surface area contributed by atoms with Gasteiger partial charge in [-0.2, -0.15) is 0 Å². The number of rotatable bonds is 4. The number of carbonyl (C=O) groups excluding carboxylic acids is 2. The van der Waals surface area contributed by atoms with Crippen molar-refractivity contribution in [2.24, 2.45) is 11.8 Å². The molecule has 1 saturated heterocycles. The lowest BCUT2D eigenvalue weighted by molar-refractivity contribution is -0.127. The van der Waals surface area contributed by atoms with E-state index in [9.17, 15) is 9.59 Å². The molecule has 0 N–H and O–H groups in total. The third kappa shape index (κ3) is 2.13. The van der Waals surface area contributed by atoms with E-state index in [-0.39, 0.29) is 29.7 Å². The maximum atomic E-state index is 13.1. The summed E-state index contributed by atoms with van der Waals surface area (Å²) >= 11 is 3.39. The molecule has 0 radical (unpaired) electrons. The minimum atomic E-state index is -0.771. The Bertz CT molecular complexity index is 756. The van der Waals surface area contributed by atoms with Crippen LogP contribution < -0.4 is 4.74 Å². The zero-order valence-electron chi connectivity index (χ0n) is 13.3. The van der Waals surface area contributed by atoms with Crippen molar-refractivity contribution >= 4 is 27.5 Å². The Morgan fingerprint density at radius 2 is 1.92 bits per heavy atom. The van der Waals surface area contributed by atoms with Crippen LogP contribution in [0.5, 0.6) is 5.75 Å². The summed E-state index contributed by atoms with van der Waals surface area (Å²) in [7, 11) is 3.16. The molecule has 5 nitrogen and oxygen atoms in total. The number of methoxy groups -OCH3 is 2. The standard InChI is InChI=1S/C18H17BrO5/c1-22-7-8-5-12-14-15(18(8)24-12)17(21)13(16(14)20)10-4-3-9(19)6-11(10)23-2/h3-6,12-15,18H,7H2,1-2H3/t12-,13?,14-,15+,18+/m0/s1. The SMILES string of the molecule is COCC1=C[C@@H]2O[C@H]1[C@H]1C(=O)C(c3ccc(Br)cc3OC)C(=O)[C@H]12. The number of hydrogen-bond donors (Lipinski definition) is 0. The summed E-state index contributed by atoms with van der Waals surface area (Å²) in [6.45, 7) is 0.429. The lowest BCUT2D eigenvalue weighted by Gasteiger charge is -2.19. The van der Waals surface area contributed by atoms with Gasteiger partial charge in [0.15, 0.2) is 11.6 Å². The Morgan fingerprint density at radius 1 is 1.17 bits per heavy atom. The molecule has 4 rings (SSSR count). The van der Waals surface area contributed by atoms with E-state index in [4.69, 9.17) is 14.2 Å². The highest BCUT2D eigenvalue weighted by Crippen LogP contribution is 2.52. The van der Waals surface area contributed by atoms with Crippen LogP contribution >= 0.6 is 15.9 Å². The molecule has 2 aliphatic heterocycles. The van der Waals surface area contributed by atoms with Crippen molar-refractivity contribution in [3.8, 4) is 5.75 Å². The molecular formula is C18H17BrO5. The molecule has 1 aliphatic carbocycles. The van der Waals surface area contributed by atoms with Crippen molar-refractivity contribution in [3.05, 3.63) is 39.9 Å². The number of fused-ring (bicyclic) bond motifs is 5. The Kier molecular flexibility index (Phi) is 3.86. The zero-order valence-corrected chi connectivity index (χ0v) is 14.9. The number of Topliss-reactive ketones (excluding diaryl/α,β-unsaturated/α-hetero) is 2. The molecule has 0 spiro atoms. The van der Waals surface area contributed by atoms with Crippen molar-refractivity contribution in [2.45, 2.75) is 18.1 Å². The summed E-state index contributed by atoms with van der Waals surface area (Å²) in [4.78, 5) is 26.0. The van der Waals surface area contributed by atoms with Gasteiger partial charge in [0.05, 0.1) is 37.8 Å². The van der Waals surface area contributed by atoms with Crippen molar-refractivity contribution in [3.63, 3.8) is 0 Å². The van der Waals surface area contributed by atoms with Gasteiger partial charge in [0.1, 0.15) is 11.7 Å². The summed E-state index contributed by atoms with van der Waals surface area (Å²) in [5, 5.41) is 0. The molecule has 0 amide bonds. The molecule has 1 saturated carbocycles. The fraction of sp³-hybridized carbons (Fsp3) is 0.444. The van der Waals surface area contributed by atoms with Gasteiger partial charge < -0.3 is 14.2 Å². The Labute approximate surface area is 148 Å². The fourth-order valence-electron chi connectivity index (χ4n) is 4.22. The number of benzene rings is 1. The molecule has 126 valence electrons. The van der Waals surface area contributed by atoms with Gasteiger partial charge in [-0.25, -0.2) is 0 Å². The minimum absolute atomic E-state index is 0.0640. The highest BCUT2D eigenvalue weighted by Gasteiger charge is 2.63. The van der Waals surface area contributed by atoms with E-state index in [1.807, 2.05) is 12.1 Å². The smallest absolute Gasteiger partial charge is 0.154 e. The van der Waals surface area contributed by atoms with Gasteiger partial charge in [-0.15, -0.1) is 0 Å². The van der Waals surface area contributed by atoms with E-state index >= 15 is 0 Å². The van der Waals surface area contributed by atoms with Crippen molar-refractivity contribution in [2.75, 3.05) is 20.8 Å². The van der Waals surface area contributed by atoms with Crippen LogP contribution in [0, 0.1) is 11.8 Å². The van der Waals surface area contributed by atoms with E-state index in [0.717, 1.165) is 10.0 Å². The van der Waals surface area contributed by atoms with Gasteiger partial charge in [0, 0.05) is 17.1 Å². The lowest BCUT2D eigenvalue weighted by atomic mass is 9.81. The number of hydrogen-bond acceptors (Lipinski definition) is 5. The van der Waals surface area contributed by atoms with Gasteiger partial charge in [-0.05, 0) is 17.7 Å². The van der Waals surface area contributed by atoms with Crippen LogP contribution in [-0.4, -0.2) is 44.6 Å². The second kappa shape index (κ2) is 5.79. The largest absolute Gasteiger partial charge is 0.496 e. The summed E-state index contributed by atoms with van der Waals surface area (Å²) < 4.78 is 17.3. The molecule has 2 fully saturated rings. The Hall–Kier alpha value is -1.50. The zero-order chi connectivity index (χ0) is 17.0. The first kappa shape index (κ1) is 16.0. The summed E-state index contributed by atoms with van der Waals surface area (Å²) in [6, 6.07) is 5.40. The molecule has 1 aromatic rings. The first-order valence-electron chi connectivity index (χ1n) is 7.82. The van der Waals surface area contributed by atoms with E-state index in [0.29, 0.717) is 17.9 Å².